The lowest BCUT2D eigenvalue weighted by Gasteiger charge is -2.33. The number of ketones is 1. The molecule has 0 aliphatic carbocycles. The predicted molar refractivity (Wildman–Crippen MR) is 131 cm³/mol. The number of hydrogen-bond acceptors (Lipinski definition) is 7. The van der Waals surface area contributed by atoms with E-state index < -0.39 is 17.0 Å². The van der Waals surface area contributed by atoms with Crippen LogP contribution in [0.5, 0.6) is 0 Å². The molecular weight excluding hydrogens is 450 g/mol. The number of aromatic nitrogens is 2. The second-order valence-electron chi connectivity index (χ2n) is 8.57. The molecule has 184 valence electrons. The van der Waals surface area contributed by atoms with Crippen molar-refractivity contribution in [1.29, 1.82) is 0 Å². The van der Waals surface area contributed by atoms with Crippen LogP contribution < -0.4 is 17.0 Å². The van der Waals surface area contributed by atoms with Gasteiger partial charge < -0.3 is 15.1 Å². The maximum absolute atomic E-state index is 13.2. The van der Waals surface area contributed by atoms with Crippen molar-refractivity contribution in [2.24, 2.45) is 0 Å². The Morgan fingerprint density at radius 2 is 1.66 bits per heavy atom. The zero-order valence-corrected chi connectivity index (χ0v) is 19.9. The summed E-state index contributed by atoms with van der Waals surface area (Å²) in [6.07, 6.45) is 0. The van der Waals surface area contributed by atoms with Gasteiger partial charge in [0.1, 0.15) is 17.1 Å². The minimum Gasteiger partial charge on any atom is -0.456 e. The molecule has 1 aliphatic heterocycles. The average molecular weight is 480 g/mol. The lowest BCUT2D eigenvalue weighted by molar-refractivity contribution is 0.0594. The largest absolute Gasteiger partial charge is 0.456 e. The molecular formula is C25H29N5O5. The van der Waals surface area contributed by atoms with Crippen molar-refractivity contribution < 1.29 is 14.0 Å². The smallest absolute Gasteiger partial charge is 0.332 e. The quantitative estimate of drug-likeness (QED) is 0.505. The first kappa shape index (κ1) is 24.2. The molecule has 1 aliphatic rings. The third-order valence-electron chi connectivity index (χ3n) is 6.22. The number of carbonyl (C=O) groups is 2. The highest BCUT2D eigenvalue weighted by molar-refractivity contribution is 6.01. The molecule has 0 unspecified atom stereocenters. The molecule has 35 heavy (non-hydrogen) atoms. The standard InChI is InChI=1S/C25H29N5O5/c1-3-29-24(33)21(22(26)30(25(29)34)15-18-7-5-4-6-8-18)19(31)16-27-11-13-28(14-12-27)23(32)20-10-9-17(2)35-20/h4-10H,3,11-16,26H2,1-2H3. The number of Topliss-reactive ketones (excluding diaryl/α,β-unsaturated/α-hetero) is 1. The summed E-state index contributed by atoms with van der Waals surface area (Å²) in [6, 6.07) is 12.6. The fourth-order valence-electron chi connectivity index (χ4n) is 4.27. The molecule has 3 aromatic rings. The molecule has 0 saturated carbocycles. The predicted octanol–water partition coefficient (Wildman–Crippen LogP) is 1.20. The number of carbonyl (C=O) groups excluding carboxylic acids is 2. The molecule has 1 amide bonds. The minimum atomic E-state index is -0.675. The topological polar surface area (TPSA) is 124 Å². The molecule has 1 aromatic carbocycles. The highest BCUT2D eigenvalue weighted by Gasteiger charge is 2.28. The van der Waals surface area contributed by atoms with E-state index in [-0.39, 0.29) is 36.9 Å². The Balaban J connectivity index is 1.51. The number of furan rings is 1. The van der Waals surface area contributed by atoms with Gasteiger partial charge in [0.2, 0.25) is 0 Å². The lowest BCUT2D eigenvalue weighted by atomic mass is 10.1. The van der Waals surface area contributed by atoms with Crippen LogP contribution in [-0.2, 0) is 13.1 Å². The maximum atomic E-state index is 13.2. The molecule has 3 heterocycles. The van der Waals surface area contributed by atoms with Crippen molar-refractivity contribution in [3.8, 4) is 0 Å². The Hall–Kier alpha value is -3.92. The molecule has 2 N–H and O–H groups in total. The van der Waals surface area contributed by atoms with Gasteiger partial charge in [-0.25, -0.2) is 4.79 Å². The summed E-state index contributed by atoms with van der Waals surface area (Å²) in [4.78, 5) is 55.3. The van der Waals surface area contributed by atoms with Crippen LogP contribution in [0, 0.1) is 6.92 Å². The van der Waals surface area contributed by atoms with Crippen molar-refractivity contribution in [1.82, 2.24) is 18.9 Å². The summed E-state index contributed by atoms with van der Waals surface area (Å²) < 4.78 is 7.73. The van der Waals surface area contributed by atoms with Gasteiger partial charge >= 0.3 is 5.69 Å². The number of aryl methyl sites for hydroxylation is 1. The number of nitrogens with zero attached hydrogens (tertiary/aromatic N) is 4. The molecule has 0 spiro atoms. The van der Waals surface area contributed by atoms with E-state index in [0.717, 1.165) is 10.1 Å². The van der Waals surface area contributed by atoms with Crippen LogP contribution in [0.2, 0.25) is 0 Å². The number of benzene rings is 1. The monoisotopic (exact) mass is 479 g/mol. The van der Waals surface area contributed by atoms with Crippen molar-refractivity contribution in [3.63, 3.8) is 0 Å². The van der Waals surface area contributed by atoms with E-state index in [1.807, 2.05) is 35.2 Å². The maximum Gasteiger partial charge on any atom is 0.332 e. The minimum absolute atomic E-state index is 0.0331. The number of amides is 1. The Morgan fingerprint density at radius 1 is 0.971 bits per heavy atom. The van der Waals surface area contributed by atoms with Crippen LogP contribution in [-0.4, -0.2) is 63.3 Å². The van der Waals surface area contributed by atoms with E-state index in [2.05, 4.69) is 0 Å². The Labute approximate surface area is 202 Å². The van der Waals surface area contributed by atoms with E-state index in [4.69, 9.17) is 10.2 Å². The fourth-order valence-corrected chi connectivity index (χ4v) is 4.27. The summed E-state index contributed by atoms with van der Waals surface area (Å²) in [5.41, 5.74) is 5.67. The Morgan fingerprint density at radius 3 is 2.26 bits per heavy atom. The van der Waals surface area contributed by atoms with Crippen molar-refractivity contribution in [3.05, 3.63) is 86.0 Å². The second-order valence-corrected chi connectivity index (χ2v) is 8.57. The molecule has 0 atom stereocenters. The van der Waals surface area contributed by atoms with E-state index >= 15 is 0 Å². The number of rotatable bonds is 7. The van der Waals surface area contributed by atoms with Gasteiger partial charge in [0.15, 0.2) is 11.5 Å². The van der Waals surface area contributed by atoms with E-state index in [0.29, 0.717) is 37.7 Å². The molecule has 10 nitrogen and oxygen atoms in total. The molecule has 0 radical (unpaired) electrons. The fraction of sp³-hybridized carbons (Fsp3) is 0.360. The van der Waals surface area contributed by atoms with Crippen LogP contribution in [0.4, 0.5) is 5.82 Å². The van der Waals surface area contributed by atoms with Crippen molar-refractivity contribution in [2.75, 3.05) is 38.5 Å². The number of nitrogens with two attached hydrogens (primary N) is 1. The van der Waals surface area contributed by atoms with Gasteiger partial charge in [0, 0.05) is 32.7 Å². The van der Waals surface area contributed by atoms with Crippen LogP contribution in [0.25, 0.3) is 0 Å². The van der Waals surface area contributed by atoms with Crippen molar-refractivity contribution in [2.45, 2.75) is 26.9 Å². The third-order valence-corrected chi connectivity index (χ3v) is 6.22. The highest BCUT2D eigenvalue weighted by atomic mass is 16.3. The second kappa shape index (κ2) is 10.1. The number of piperazine rings is 1. The highest BCUT2D eigenvalue weighted by Crippen LogP contribution is 2.14. The van der Waals surface area contributed by atoms with E-state index in [1.165, 1.54) is 4.57 Å². The average Bonchev–Trinajstić information content (AvgIpc) is 3.29. The molecule has 4 rings (SSSR count). The van der Waals surface area contributed by atoms with Crippen LogP contribution in [0.1, 0.15) is 39.2 Å². The zero-order valence-electron chi connectivity index (χ0n) is 19.9. The number of hydrogen-bond donors (Lipinski definition) is 1. The third kappa shape index (κ3) is 4.97. The molecule has 10 heteroatoms. The SMILES string of the molecule is CCn1c(=O)c(C(=O)CN2CCN(C(=O)c3ccc(C)o3)CC2)c(N)n(Cc2ccccc2)c1=O. The van der Waals surface area contributed by atoms with E-state index in [1.54, 1.807) is 30.9 Å². The normalized spacial score (nSPS) is 14.3. The summed E-state index contributed by atoms with van der Waals surface area (Å²) >= 11 is 0. The summed E-state index contributed by atoms with van der Waals surface area (Å²) in [5.74, 6) is 0.202. The van der Waals surface area contributed by atoms with Gasteiger partial charge in [-0.1, -0.05) is 30.3 Å². The molecule has 0 bridgehead atoms. The first-order chi connectivity index (χ1) is 16.8. The first-order valence-corrected chi connectivity index (χ1v) is 11.6. The Bertz CT molecular complexity index is 1350. The van der Waals surface area contributed by atoms with Gasteiger partial charge in [-0.2, -0.15) is 0 Å². The van der Waals surface area contributed by atoms with Crippen LogP contribution >= 0.6 is 0 Å². The lowest BCUT2D eigenvalue weighted by Crippen LogP contribution is -2.51. The molecule has 1 saturated heterocycles. The first-order valence-electron chi connectivity index (χ1n) is 11.6. The van der Waals surface area contributed by atoms with Crippen molar-refractivity contribution >= 4 is 17.5 Å². The number of anilines is 1. The summed E-state index contributed by atoms with van der Waals surface area (Å²) in [6.45, 7) is 5.47. The molecule has 1 fully saturated rings. The van der Waals surface area contributed by atoms with E-state index in [9.17, 15) is 19.2 Å². The summed E-state index contributed by atoms with van der Waals surface area (Å²) in [7, 11) is 0. The summed E-state index contributed by atoms with van der Waals surface area (Å²) in [5, 5.41) is 0. The van der Waals surface area contributed by atoms with Gasteiger partial charge in [0.25, 0.3) is 11.5 Å². The number of nitrogen functional groups attached to an aromatic ring is 1. The van der Waals surface area contributed by atoms with Gasteiger partial charge in [-0.3, -0.25) is 28.4 Å². The van der Waals surface area contributed by atoms with Gasteiger partial charge in [-0.05, 0) is 31.5 Å². The Kier molecular flexibility index (Phi) is 7.02. The van der Waals surface area contributed by atoms with Gasteiger partial charge in [-0.15, -0.1) is 0 Å². The molecule has 2 aromatic heterocycles. The van der Waals surface area contributed by atoms with Gasteiger partial charge in [0.05, 0.1) is 13.1 Å². The zero-order chi connectivity index (χ0) is 25.1. The van der Waals surface area contributed by atoms with Crippen LogP contribution in [0.3, 0.4) is 0 Å². The van der Waals surface area contributed by atoms with Crippen LogP contribution in [0.15, 0.2) is 56.5 Å².